The zero-order valence-corrected chi connectivity index (χ0v) is 20.6. The number of para-hydroxylation sites is 2. The Morgan fingerprint density at radius 1 is 0.447 bits per heavy atom. The van der Waals surface area contributed by atoms with Gasteiger partial charge in [-0.05, 0) is 47.9 Å². The molecule has 178 valence electrons. The maximum Gasteiger partial charge on any atom is 0.0703 e. The van der Waals surface area contributed by atoms with Crippen LogP contribution in [0.25, 0.3) is 66.1 Å². The van der Waals surface area contributed by atoms with Gasteiger partial charge < -0.3 is 9.13 Å². The highest BCUT2D eigenvalue weighted by Crippen LogP contribution is 2.39. The highest BCUT2D eigenvalue weighted by Gasteiger charge is 2.17. The molecular weight excluding hydrogens is 462 g/mol. The molecule has 8 aromatic rings. The van der Waals surface area contributed by atoms with E-state index in [2.05, 4.69) is 137 Å². The Labute approximate surface area is 219 Å². The summed E-state index contributed by atoms with van der Waals surface area (Å²) in [5.74, 6) is 0. The number of nitrogens with zero attached hydrogens (tertiary/aromatic N) is 3. The SMILES string of the molecule is c1ccc(-c2ccc(-n3c4ccccc4c4ccc5c6ccn(-c7ccccc7)c6ccc5c43)cn2)cc1. The van der Waals surface area contributed by atoms with Crippen molar-refractivity contribution in [2.75, 3.05) is 0 Å². The predicted molar refractivity (Wildman–Crippen MR) is 158 cm³/mol. The first-order valence-corrected chi connectivity index (χ1v) is 12.9. The number of pyridine rings is 1. The molecule has 0 N–H and O–H groups in total. The molecule has 0 aliphatic heterocycles. The number of fused-ring (bicyclic) bond motifs is 7. The van der Waals surface area contributed by atoms with Crippen molar-refractivity contribution in [1.82, 2.24) is 14.1 Å². The predicted octanol–water partition coefficient (Wildman–Crippen LogP) is 8.94. The fourth-order valence-electron chi connectivity index (χ4n) is 5.87. The van der Waals surface area contributed by atoms with Crippen LogP contribution in [-0.4, -0.2) is 14.1 Å². The summed E-state index contributed by atoms with van der Waals surface area (Å²) >= 11 is 0. The number of hydrogen-bond donors (Lipinski definition) is 0. The molecule has 3 aromatic heterocycles. The molecule has 0 aliphatic rings. The highest BCUT2D eigenvalue weighted by atomic mass is 15.0. The van der Waals surface area contributed by atoms with Gasteiger partial charge in [-0.2, -0.15) is 0 Å². The topological polar surface area (TPSA) is 22.8 Å². The van der Waals surface area contributed by atoms with Crippen LogP contribution in [0.5, 0.6) is 0 Å². The van der Waals surface area contributed by atoms with Crippen molar-refractivity contribution in [3.05, 3.63) is 140 Å². The van der Waals surface area contributed by atoms with Gasteiger partial charge in [-0.25, -0.2) is 0 Å². The fraction of sp³-hybridized carbons (Fsp3) is 0. The molecule has 0 fully saturated rings. The van der Waals surface area contributed by atoms with E-state index in [9.17, 15) is 0 Å². The highest BCUT2D eigenvalue weighted by molar-refractivity contribution is 6.22. The Kier molecular flexibility index (Phi) is 4.52. The van der Waals surface area contributed by atoms with Gasteiger partial charge in [-0.3, -0.25) is 4.98 Å². The van der Waals surface area contributed by atoms with Crippen molar-refractivity contribution in [2.45, 2.75) is 0 Å². The maximum atomic E-state index is 4.86. The summed E-state index contributed by atoms with van der Waals surface area (Å²) < 4.78 is 4.63. The number of hydrogen-bond acceptors (Lipinski definition) is 1. The normalized spacial score (nSPS) is 11.7. The van der Waals surface area contributed by atoms with Crippen LogP contribution in [0.2, 0.25) is 0 Å². The lowest BCUT2D eigenvalue weighted by Gasteiger charge is -2.11. The molecule has 5 aromatic carbocycles. The Hall–Kier alpha value is -5.15. The minimum atomic E-state index is 0.976. The van der Waals surface area contributed by atoms with Gasteiger partial charge in [-0.1, -0.05) is 84.9 Å². The van der Waals surface area contributed by atoms with E-state index in [0.29, 0.717) is 0 Å². The summed E-state index contributed by atoms with van der Waals surface area (Å²) in [4.78, 5) is 4.86. The maximum absolute atomic E-state index is 4.86. The van der Waals surface area contributed by atoms with Crippen LogP contribution in [0.15, 0.2) is 140 Å². The van der Waals surface area contributed by atoms with Gasteiger partial charge in [0.15, 0.2) is 0 Å². The number of rotatable bonds is 3. The summed E-state index contributed by atoms with van der Waals surface area (Å²) in [6, 6.07) is 45.2. The molecule has 0 unspecified atom stereocenters. The van der Waals surface area contributed by atoms with Crippen LogP contribution in [0, 0.1) is 0 Å². The molecular formula is C35H23N3. The summed E-state index contributed by atoms with van der Waals surface area (Å²) in [6.07, 6.45) is 4.17. The Morgan fingerprint density at radius 3 is 1.95 bits per heavy atom. The number of benzene rings is 5. The van der Waals surface area contributed by atoms with E-state index in [1.165, 1.54) is 49.2 Å². The first-order valence-electron chi connectivity index (χ1n) is 12.9. The third-order valence-electron chi connectivity index (χ3n) is 7.61. The van der Waals surface area contributed by atoms with Crippen molar-refractivity contribution in [3.8, 4) is 22.6 Å². The first-order chi connectivity index (χ1) is 18.9. The van der Waals surface area contributed by atoms with Crippen molar-refractivity contribution in [2.24, 2.45) is 0 Å². The molecule has 38 heavy (non-hydrogen) atoms. The molecule has 8 rings (SSSR count). The van der Waals surface area contributed by atoms with Gasteiger partial charge in [0.25, 0.3) is 0 Å². The third kappa shape index (κ3) is 3.06. The third-order valence-corrected chi connectivity index (χ3v) is 7.61. The summed E-state index contributed by atoms with van der Waals surface area (Å²) in [5.41, 5.74) is 7.94. The summed E-state index contributed by atoms with van der Waals surface area (Å²) in [5, 5.41) is 6.25. The lowest BCUT2D eigenvalue weighted by atomic mass is 10.0. The Balaban J connectivity index is 1.40. The summed E-state index contributed by atoms with van der Waals surface area (Å²) in [6.45, 7) is 0. The van der Waals surface area contributed by atoms with Crippen LogP contribution in [-0.2, 0) is 0 Å². The fourth-order valence-corrected chi connectivity index (χ4v) is 5.87. The Morgan fingerprint density at radius 2 is 1.13 bits per heavy atom. The van der Waals surface area contributed by atoms with E-state index < -0.39 is 0 Å². The Bertz CT molecular complexity index is 2100. The minimum absolute atomic E-state index is 0.976. The van der Waals surface area contributed by atoms with E-state index >= 15 is 0 Å². The average Bonchev–Trinajstić information content (AvgIpc) is 3.58. The lowest BCUT2D eigenvalue weighted by molar-refractivity contribution is 1.13. The lowest BCUT2D eigenvalue weighted by Crippen LogP contribution is -1.96. The number of aromatic nitrogens is 3. The smallest absolute Gasteiger partial charge is 0.0703 e. The van der Waals surface area contributed by atoms with Crippen molar-refractivity contribution < 1.29 is 0 Å². The van der Waals surface area contributed by atoms with Gasteiger partial charge in [0.2, 0.25) is 0 Å². The zero-order chi connectivity index (χ0) is 25.1. The monoisotopic (exact) mass is 485 g/mol. The molecule has 0 saturated heterocycles. The molecule has 0 radical (unpaired) electrons. The standard InChI is InChI=1S/C35H23N3/c1-3-9-24(10-4-1)32-19-15-26(23-36-32)38-34-14-8-7-13-28(34)31-17-16-27-29-21-22-37(25-11-5-2-6-12-25)33(29)20-18-30(27)35(31)38/h1-23H. The van der Waals surface area contributed by atoms with Crippen molar-refractivity contribution in [3.63, 3.8) is 0 Å². The van der Waals surface area contributed by atoms with Crippen LogP contribution >= 0.6 is 0 Å². The average molecular weight is 486 g/mol. The van der Waals surface area contributed by atoms with Crippen LogP contribution in [0.4, 0.5) is 0 Å². The molecule has 0 amide bonds. The second-order valence-corrected chi connectivity index (χ2v) is 9.70. The van der Waals surface area contributed by atoms with Gasteiger partial charge in [-0.15, -0.1) is 0 Å². The molecule has 3 heterocycles. The molecule has 0 atom stereocenters. The van der Waals surface area contributed by atoms with E-state index in [4.69, 9.17) is 4.98 Å². The molecule has 0 saturated carbocycles. The minimum Gasteiger partial charge on any atom is -0.317 e. The van der Waals surface area contributed by atoms with Crippen molar-refractivity contribution in [1.29, 1.82) is 0 Å². The van der Waals surface area contributed by atoms with Gasteiger partial charge in [0.05, 0.1) is 34.1 Å². The molecule has 0 bridgehead atoms. The van der Waals surface area contributed by atoms with E-state index in [-0.39, 0.29) is 0 Å². The largest absolute Gasteiger partial charge is 0.317 e. The van der Waals surface area contributed by atoms with Gasteiger partial charge >= 0.3 is 0 Å². The molecule has 3 nitrogen and oxygen atoms in total. The van der Waals surface area contributed by atoms with Crippen LogP contribution < -0.4 is 0 Å². The van der Waals surface area contributed by atoms with Crippen molar-refractivity contribution >= 4 is 43.5 Å². The second-order valence-electron chi connectivity index (χ2n) is 9.70. The second kappa shape index (κ2) is 8.19. The van der Waals surface area contributed by atoms with Gasteiger partial charge in [0.1, 0.15) is 0 Å². The van der Waals surface area contributed by atoms with Crippen LogP contribution in [0.3, 0.4) is 0 Å². The summed E-state index contributed by atoms with van der Waals surface area (Å²) in [7, 11) is 0. The van der Waals surface area contributed by atoms with Crippen LogP contribution in [0.1, 0.15) is 0 Å². The quantitative estimate of drug-likeness (QED) is 0.245. The zero-order valence-electron chi connectivity index (χ0n) is 20.6. The van der Waals surface area contributed by atoms with E-state index in [1.807, 2.05) is 12.3 Å². The molecule has 0 spiro atoms. The first kappa shape index (κ1) is 21.0. The molecule has 0 aliphatic carbocycles. The van der Waals surface area contributed by atoms with E-state index in [0.717, 1.165) is 16.9 Å². The molecule has 3 heteroatoms. The van der Waals surface area contributed by atoms with Gasteiger partial charge in [0, 0.05) is 39.0 Å². The van der Waals surface area contributed by atoms with E-state index in [1.54, 1.807) is 0 Å².